The molecule has 4 rings (SSSR count). The molecule has 0 radical (unpaired) electrons. The predicted octanol–water partition coefficient (Wildman–Crippen LogP) is 3.30. The summed E-state index contributed by atoms with van der Waals surface area (Å²) in [5, 5.41) is 14.1. The number of carbonyl (C=O) groups is 1. The predicted molar refractivity (Wildman–Crippen MR) is 120 cm³/mol. The molecule has 32 heavy (non-hydrogen) atoms. The molecule has 2 aromatic rings. The minimum atomic E-state index is -0.778. The van der Waals surface area contributed by atoms with Crippen LogP contribution in [0.25, 0.3) is 11.3 Å². The third kappa shape index (κ3) is 6.01. The van der Waals surface area contributed by atoms with Gasteiger partial charge in [-0.05, 0) is 49.9 Å². The lowest BCUT2D eigenvalue weighted by Crippen LogP contribution is -2.40. The molecule has 1 unspecified atom stereocenters. The van der Waals surface area contributed by atoms with Crippen molar-refractivity contribution in [3.63, 3.8) is 0 Å². The molecule has 1 aliphatic heterocycles. The highest BCUT2D eigenvalue weighted by Crippen LogP contribution is 2.35. The van der Waals surface area contributed by atoms with Crippen molar-refractivity contribution in [1.29, 1.82) is 0 Å². The van der Waals surface area contributed by atoms with Gasteiger partial charge in [-0.2, -0.15) is 5.10 Å². The van der Waals surface area contributed by atoms with E-state index in [1.807, 2.05) is 35.1 Å². The number of hydrogen-bond donors (Lipinski definition) is 1. The quantitative estimate of drug-likeness (QED) is 0.603. The van der Waals surface area contributed by atoms with Gasteiger partial charge in [0.25, 0.3) is 0 Å². The van der Waals surface area contributed by atoms with E-state index in [4.69, 9.17) is 19.3 Å². The Morgan fingerprint density at radius 2 is 1.97 bits per heavy atom. The Labute approximate surface area is 189 Å². The Bertz CT molecular complexity index is 888. The summed E-state index contributed by atoms with van der Waals surface area (Å²) in [7, 11) is 1.66. The highest BCUT2D eigenvalue weighted by molar-refractivity contribution is 5.67. The number of morpholine rings is 1. The molecule has 2 aliphatic rings. The normalized spacial score (nSPS) is 18.5. The average molecular weight is 444 g/mol. The first-order chi connectivity index (χ1) is 15.6. The monoisotopic (exact) mass is 443 g/mol. The zero-order valence-corrected chi connectivity index (χ0v) is 18.7. The van der Waals surface area contributed by atoms with E-state index < -0.39 is 5.97 Å². The van der Waals surface area contributed by atoms with Gasteiger partial charge in [-0.25, -0.2) is 0 Å². The topological polar surface area (TPSA) is 86.1 Å². The largest absolute Gasteiger partial charge is 0.493 e. The number of hydrogen-bond acceptors (Lipinski definition) is 6. The fraction of sp³-hybridized carbons (Fsp3) is 0.583. The van der Waals surface area contributed by atoms with Crippen molar-refractivity contribution < 1.29 is 24.1 Å². The summed E-state index contributed by atoms with van der Waals surface area (Å²) < 4.78 is 19.0. The summed E-state index contributed by atoms with van der Waals surface area (Å²) in [6, 6.07) is 7.86. The van der Waals surface area contributed by atoms with E-state index in [9.17, 15) is 9.90 Å². The molecular weight excluding hydrogens is 410 g/mol. The van der Waals surface area contributed by atoms with E-state index in [0.29, 0.717) is 19.8 Å². The third-order valence-corrected chi connectivity index (χ3v) is 6.22. The highest BCUT2D eigenvalue weighted by Gasteiger charge is 2.21. The maximum atomic E-state index is 11.4. The minimum Gasteiger partial charge on any atom is -0.493 e. The molecule has 0 bridgehead atoms. The zero-order valence-electron chi connectivity index (χ0n) is 18.7. The summed E-state index contributed by atoms with van der Waals surface area (Å²) in [4.78, 5) is 13.7. The zero-order chi connectivity index (χ0) is 22.3. The lowest BCUT2D eigenvalue weighted by atomic mass is 10.0. The molecule has 1 aromatic carbocycles. The molecule has 0 amide bonds. The van der Waals surface area contributed by atoms with Crippen LogP contribution in [0.15, 0.2) is 30.5 Å². The molecule has 2 heterocycles. The van der Waals surface area contributed by atoms with E-state index in [1.165, 1.54) is 12.8 Å². The fourth-order valence-corrected chi connectivity index (χ4v) is 4.58. The smallest absolute Gasteiger partial charge is 0.303 e. The molecule has 8 nitrogen and oxygen atoms in total. The maximum absolute atomic E-state index is 11.4. The molecule has 1 N–H and O–H groups in total. The Kier molecular flexibility index (Phi) is 7.65. The van der Waals surface area contributed by atoms with Gasteiger partial charge >= 0.3 is 5.97 Å². The average Bonchev–Trinajstić information content (AvgIpc) is 3.46. The van der Waals surface area contributed by atoms with Gasteiger partial charge in [-0.3, -0.25) is 14.4 Å². The Morgan fingerprint density at radius 1 is 1.19 bits per heavy atom. The number of rotatable bonds is 10. The summed E-state index contributed by atoms with van der Waals surface area (Å²) in [5.74, 6) is 0.685. The molecule has 1 saturated heterocycles. The van der Waals surface area contributed by atoms with Gasteiger partial charge in [-0.1, -0.05) is 0 Å². The Balaban J connectivity index is 1.46. The second-order valence-corrected chi connectivity index (χ2v) is 8.69. The SMILES string of the molecule is COc1ccc(-c2ccn(CC(CC(=O)O)CN3CCOCC3)n2)cc1OC1CCCC1. The first-order valence-corrected chi connectivity index (χ1v) is 11.5. The third-order valence-electron chi connectivity index (χ3n) is 6.22. The van der Waals surface area contributed by atoms with Gasteiger partial charge in [0, 0.05) is 43.9 Å². The van der Waals surface area contributed by atoms with Crippen LogP contribution in [-0.2, 0) is 16.1 Å². The van der Waals surface area contributed by atoms with E-state index in [-0.39, 0.29) is 18.4 Å². The van der Waals surface area contributed by atoms with Crippen molar-refractivity contribution in [3.05, 3.63) is 30.5 Å². The van der Waals surface area contributed by atoms with Crippen molar-refractivity contribution in [2.45, 2.75) is 44.8 Å². The molecule has 1 aromatic heterocycles. The van der Waals surface area contributed by atoms with Crippen molar-refractivity contribution in [2.75, 3.05) is 40.0 Å². The molecule has 174 valence electrons. The van der Waals surface area contributed by atoms with Crippen LogP contribution in [0.1, 0.15) is 32.1 Å². The van der Waals surface area contributed by atoms with Crippen LogP contribution in [0, 0.1) is 5.92 Å². The molecular formula is C24H33N3O5. The van der Waals surface area contributed by atoms with E-state index in [0.717, 1.165) is 55.2 Å². The number of carboxylic acid groups (broad SMARTS) is 1. The molecule has 2 fully saturated rings. The van der Waals surface area contributed by atoms with Gasteiger partial charge in [0.15, 0.2) is 11.5 Å². The molecule has 1 saturated carbocycles. The van der Waals surface area contributed by atoms with Crippen molar-refractivity contribution in [1.82, 2.24) is 14.7 Å². The standard InChI is InChI=1S/C24H33N3O5/c1-30-22-7-6-19(15-23(22)32-20-4-2-3-5-20)21-8-9-27(25-21)17-18(14-24(28)29)16-26-10-12-31-13-11-26/h6-9,15,18,20H,2-5,10-14,16-17H2,1H3,(H,28,29). The van der Waals surface area contributed by atoms with Crippen LogP contribution in [0.2, 0.25) is 0 Å². The summed E-state index contributed by atoms with van der Waals surface area (Å²) in [6.45, 7) is 4.38. The molecule has 0 spiro atoms. The number of benzene rings is 1. The van der Waals surface area contributed by atoms with Crippen molar-refractivity contribution >= 4 is 5.97 Å². The van der Waals surface area contributed by atoms with Crippen molar-refractivity contribution in [3.8, 4) is 22.8 Å². The first kappa shape index (κ1) is 22.6. The van der Waals surface area contributed by atoms with Gasteiger partial charge in [-0.15, -0.1) is 0 Å². The minimum absolute atomic E-state index is 0.0181. The number of aromatic nitrogens is 2. The lowest BCUT2D eigenvalue weighted by Gasteiger charge is -2.30. The summed E-state index contributed by atoms with van der Waals surface area (Å²) in [5.41, 5.74) is 1.80. The number of carboxylic acids is 1. The first-order valence-electron chi connectivity index (χ1n) is 11.5. The Hall–Kier alpha value is -2.58. The molecule has 8 heteroatoms. The lowest BCUT2D eigenvalue weighted by molar-refractivity contribution is -0.138. The summed E-state index contributed by atoms with van der Waals surface area (Å²) >= 11 is 0. The number of methoxy groups -OCH3 is 1. The van der Waals surface area contributed by atoms with E-state index in [1.54, 1.807) is 7.11 Å². The van der Waals surface area contributed by atoms with Gasteiger partial charge < -0.3 is 19.3 Å². The van der Waals surface area contributed by atoms with Crippen LogP contribution < -0.4 is 9.47 Å². The second kappa shape index (κ2) is 10.8. The van der Waals surface area contributed by atoms with Crippen molar-refractivity contribution in [2.24, 2.45) is 5.92 Å². The maximum Gasteiger partial charge on any atom is 0.303 e. The molecule has 1 atom stereocenters. The van der Waals surface area contributed by atoms with E-state index in [2.05, 4.69) is 4.90 Å². The number of aliphatic carboxylic acids is 1. The van der Waals surface area contributed by atoms with Crippen LogP contribution in [0.4, 0.5) is 0 Å². The number of ether oxygens (including phenoxy) is 3. The van der Waals surface area contributed by atoms with Crippen LogP contribution >= 0.6 is 0 Å². The van der Waals surface area contributed by atoms with E-state index >= 15 is 0 Å². The number of nitrogens with zero attached hydrogens (tertiary/aromatic N) is 3. The van der Waals surface area contributed by atoms with Gasteiger partial charge in [0.2, 0.25) is 0 Å². The van der Waals surface area contributed by atoms with Gasteiger partial charge in [0.05, 0.1) is 38.5 Å². The fourth-order valence-electron chi connectivity index (χ4n) is 4.58. The second-order valence-electron chi connectivity index (χ2n) is 8.69. The van der Waals surface area contributed by atoms with Crippen LogP contribution in [-0.4, -0.2) is 71.8 Å². The van der Waals surface area contributed by atoms with Gasteiger partial charge in [0.1, 0.15) is 0 Å². The van der Waals surface area contributed by atoms with Crippen LogP contribution in [0.5, 0.6) is 11.5 Å². The van der Waals surface area contributed by atoms with Crippen LogP contribution in [0.3, 0.4) is 0 Å². The summed E-state index contributed by atoms with van der Waals surface area (Å²) in [6.07, 6.45) is 6.86. The highest BCUT2D eigenvalue weighted by atomic mass is 16.5. The Morgan fingerprint density at radius 3 is 2.69 bits per heavy atom. The molecule has 1 aliphatic carbocycles.